The number of nitrogens with two attached hydrogens (primary N) is 1. The van der Waals surface area contributed by atoms with Crippen molar-refractivity contribution < 1.29 is 28.8 Å². The average Bonchev–Trinajstić information content (AvgIpc) is 3.98. The van der Waals surface area contributed by atoms with E-state index in [2.05, 4.69) is 47.2 Å². The minimum absolute atomic E-state index is 0.0500. The summed E-state index contributed by atoms with van der Waals surface area (Å²) in [7, 11) is 0. The topological polar surface area (TPSA) is 254 Å². The molecule has 0 spiro atoms. The van der Waals surface area contributed by atoms with Crippen molar-refractivity contribution in [3.05, 3.63) is 94.5 Å². The first-order valence-corrected chi connectivity index (χ1v) is 24.5. The molecule has 19 heteroatoms. The van der Waals surface area contributed by atoms with Crippen molar-refractivity contribution in [2.75, 3.05) is 19.6 Å². The number of hydrogen-bond donors (Lipinski definition) is 8. The lowest BCUT2D eigenvalue weighted by atomic mass is 9.82. The first kappa shape index (κ1) is 53.6. The molecule has 5 rings (SSSR count). The van der Waals surface area contributed by atoms with Crippen molar-refractivity contribution in [3.8, 4) is 0 Å². The van der Waals surface area contributed by atoms with E-state index in [1.54, 1.807) is 30.2 Å². The molecule has 18 nitrogen and oxygen atoms in total. The van der Waals surface area contributed by atoms with Crippen LogP contribution in [0.4, 0.5) is 0 Å². The van der Waals surface area contributed by atoms with Crippen molar-refractivity contribution >= 4 is 52.6 Å². The zero-order valence-corrected chi connectivity index (χ0v) is 42.4. The zero-order chi connectivity index (χ0) is 50.6. The number of thiazole rings is 1. The third-order valence-electron chi connectivity index (χ3n) is 12.4. The Morgan fingerprint density at radius 3 is 2.29 bits per heavy atom. The second-order valence-electron chi connectivity index (χ2n) is 20.5. The van der Waals surface area contributed by atoms with E-state index in [0.717, 1.165) is 11.1 Å². The monoisotopic (exact) mass is 969 g/mol. The summed E-state index contributed by atoms with van der Waals surface area (Å²) in [6, 6.07) is 7.43. The fraction of sp³-hybridized carbons (Fsp3) is 0.540. The summed E-state index contributed by atoms with van der Waals surface area (Å²) in [6.45, 7) is 19.3. The summed E-state index contributed by atoms with van der Waals surface area (Å²) in [6.07, 6.45) is 7.08. The van der Waals surface area contributed by atoms with Gasteiger partial charge in [-0.2, -0.15) is 0 Å². The molecule has 4 heterocycles. The number of hydrogen-bond acceptors (Lipinski definition) is 13. The van der Waals surface area contributed by atoms with Crippen LogP contribution in [0.3, 0.4) is 0 Å². The quantitative estimate of drug-likeness (QED) is 0.103. The van der Waals surface area contributed by atoms with Gasteiger partial charge in [0, 0.05) is 54.9 Å². The minimum atomic E-state index is -1.16. The van der Waals surface area contributed by atoms with Crippen LogP contribution in [0.2, 0.25) is 0 Å². The van der Waals surface area contributed by atoms with Crippen LogP contribution in [0, 0.1) is 22.7 Å². The standard InChI is InChI=1S/C50H72N12O6S/c1-29(2)38-44(65)61-41(49(5,6)7)43(56-28-37(64)62-21-18-30(3)40(62)46(67)58-38)60-42(50(8,9)10)47(68)59-39(31(4)33-16-12-11-13-17-33)45(66)57-35(48-54-20-22-69-48)23-36(63)55-27-34(51)26-53-25-32-15-14-19-52-24-32/h11-17,19-20,22,24,26,29-31,35,38-42,53H,18,21,23,25,27-28,51H2,1-10H3,(H,55,63)(H,56,60)(H,57,66)(H,58,67)(H,59,68)(H,61,65)/b34-26-/t30-,31+,35-,38+,39?,40+,41?,42?/m1/s1. The van der Waals surface area contributed by atoms with Crippen LogP contribution in [0.15, 0.2) is 83.3 Å². The smallest absolute Gasteiger partial charge is 0.244 e. The van der Waals surface area contributed by atoms with Gasteiger partial charge in [0.25, 0.3) is 0 Å². The van der Waals surface area contributed by atoms with Gasteiger partial charge in [-0.15, -0.1) is 11.3 Å². The first-order valence-electron chi connectivity index (χ1n) is 23.6. The van der Waals surface area contributed by atoms with Gasteiger partial charge in [0.2, 0.25) is 35.4 Å². The number of rotatable bonds is 16. The Morgan fingerprint density at radius 1 is 0.942 bits per heavy atom. The molecule has 3 unspecified atom stereocenters. The summed E-state index contributed by atoms with van der Waals surface area (Å²) >= 11 is 1.28. The van der Waals surface area contributed by atoms with E-state index in [0.29, 0.717) is 30.2 Å². The van der Waals surface area contributed by atoms with Gasteiger partial charge in [-0.1, -0.05) is 106 Å². The third kappa shape index (κ3) is 14.8. The number of carbonyl (C=O) groups is 6. The first-order chi connectivity index (χ1) is 32.5. The predicted molar refractivity (Wildman–Crippen MR) is 267 cm³/mol. The lowest BCUT2D eigenvalue weighted by Gasteiger charge is -2.39. The molecule has 1 saturated heterocycles. The molecular weight excluding hydrogens is 897 g/mol. The van der Waals surface area contributed by atoms with Gasteiger partial charge < -0.3 is 47.9 Å². The molecule has 1 aromatic carbocycles. The van der Waals surface area contributed by atoms with Crippen LogP contribution in [-0.2, 0) is 35.3 Å². The van der Waals surface area contributed by atoms with Crippen LogP contribution in [-0.4, -0.2) is 106 Å². The van der Waals surface area contributed by atoms with E-state index in [1.807, 2.05) is 112 Å². The van der Waals surface area contributed by atoms with Crippen molar-refractivity contribution in [1.29, 1.82) is 0 Å². The van der Waals surface area contributed by atoms with Crippen LogP contribution >= 0.6 is 11.3 Å². The number of fused-ring (bicyclic) bond motifs is 1. The maximum atomic E-state index is 15.0. The van der Waals surface area contributed by atoms with Crippen LogP contribution < -0.4 is 43.0 Å². The number of aliphatic imine (C=N–C) groups is 1. The minimum Gasteiger partial charge on any atom is -0.399 e. The molecular formula is C50H72N12O6S. The highest BCUT2D eigenvalue weighted by Crippen LogP contribution is 2.29. The molecule has 69 heavy (non-hydrogen) atoms. The highest BCUT2D eigenvalue weighted by atomic mass is 32.1. The second-order valence-corrected chi connectivity index (χ2v) is 21.5. The van der Waals surface area contributed by atoms with E-state index < -0.39 is 70.7 Å². The molecule has 8 atom stereocenters. The van der Waals surface area contributed by atoms with E-state index in [4.69, 9.17) is 10.7 Å². The third-order valence-corrected chi connectivity index (χ3v) is 13.3. The number of carbonyl (C=O) groups excluding carboxylic acids is 6. The maximum absolute atomic E-state index is 15.0. The molecule has 2 aromatic heterocycles. The molecule has 2 aliphatic rings. The molecule has 0 aliphatic carbocycles. The molecule has 374 valence electrons. The summed E-state index contributed by atoms with van der Waals surface area (Å²) in [5.74, 6) is -3.47. The van der Waals surface area contributed by atoms with Crippen molar-refractivity contribution in [1.82, 2.24) is 52.1 Å². The normalized spacial score (nSPS) is 21.2. The number of amidine groups is 1. The van der Waals surface area contributed by atoms with Gasteiger partial charge in [-0.3, -0.25) is 38.7 Å². The Balaban J connectivity index is 1.43. The molecule has 3 aromatic rings. The number of aromatic nitrogens is 2. The van der Waals surface area contributed by atoms with E-state index in [9.17, 15) is 24.0 Å². The Hall–Kier alpha value is -6.37. The molecule has 0 radical (unpaired) electrons. The van der Waals surface area contributed by atoms with E-state index in [1.165, 1.54) is 16.2 Å². The molecule has 0 saturated carbocycles. The predicted octanol–water partition coefficient (Wildman–Crippen LogP) is 3.41. The van der Waals surface area contributed by atoms with Gasteiger partial charge in [-0.05, 0) is 46.3 Å². The largest absolute Gasteiger partial charge is 0.399 e. The van der Waals surface area contributed by atoms with Gasteiger partial charge >= 0.3 is 0 Å². The summed E-state index contributed by atoms with van der Waals surface area (Å²) in [4.78, 5) is 100. The Morgan fingerprint density at radius 2 is 1.67 bits per heavy atom. The SMILES string of the molecule is CC(C)[C@@H]1NC(=O)[C@@H]2[C@H](C)CCN2C(=O)CN=C(NC(C(=O)NC(C(=O)N[C@H](CC(=O)NC/C(N)=C/NCc2cccnc2)c2nccs2)[C@@H](C)c2ccccc2)C(C)(C)C)C(C(C)(C)C)NC1=O. The number of pyridine rings is 1. The lowest BCUT2D eigenvalue weighted by Crippen LogP contribution is -2.65. The van der Waals surface area contributed by atoms with Crippen molar-refractivity contribution in [2.24, 2.45) is 33.4 Å². The molecule has 0 bridgehead atoms. The van der Waals surface area contributed by atoms with E-state index in [-0.39, 0.29) is 54.9 Å². The Bertz CT molecular complexity index is 2290. The van der Waals surface area contributed by atoms with Crippen molar-refractivity contribution in [3.63, 3.8) is 0 Å². The number of nitrogens with zero attached hydrogens (tertiary/aromatic N) is 4. The average molecular weight is 969 g/mol. The van der Waals surface area contributed by atoms with Gasteiger partial charge in [0.1, 0.15) is 41.6 Å². The van der Waals surface area contributed by atoms with Gasteiger partial charge in [0.05, 0.1) is 25.0 Å². The van der Waals surface area contributed by atoms with Gasteiger partial charge in [-0.25, -0.2) is 4.98 Å². The maximum Gasteiger partial charge on any atom is 0.244 e. The number of benzene rings is 1. The van der Waals surface area contributed by atoms with Crippen molar-refractivity contribution in [2.45, 2.75) is 131 Å². The summed E-state index contributed by atoms with van der Waals surface area (Å²) in [5.41, 5.74) is 6.77. The lowest BCUT2D eigenvalue weighted by molar-refractivity contribution is -0.140. The Kier molecular flexibility index (Phi) is 18.5. The van der Waals surface area contributed by atoms with Gasteiger partial charge in [0.15, 0.2) is 0 Å². The van der Waals surface area contributed by atoms with Crippen LogP contribution in [0.25, 0.3) is 0 Å². The highest BCUT2D eigenvalue weighted by Gasteiger charge is 2.44. The fourth-order valence-electron chi connectivity index (χ4n) is 8.40. The molecule has 6 amide bonds. The number of nitrogens with one attached hydrogen (secondary N) is 7. The Labute approximate surface area is 410 Å². The second kappa shape index (κ2) is 23.8. The summed E-state index contributed by atoms with van der Waals surface area (Å²) < 4.78 is 0. The molecule has 1 fully saturated rings. The molecule has 2 aliphatic heterocycles. The summed E-state index contributed by atoms with van der Waals surface area (Å²) in [5, 5.41) is 23.7. The fourth-order valence-corrected chi connectivity index (χ4v) is 9.09. The molecule has 9 N–H and O–H groups in total. The zero-order valence-electron chi connectivity index (χ0n) is 41.6. The van der Waals surface area contributed by atoms with E-state index >= 15 is 4.79 Å². The highest BCUT2D eigenvalue weighted by molar-refractivity contribution is 7.09. The van der Waals surface area contributed by atoms with Crippen LogP contribution in [0.5, 0.6) is 0 Å². The number of amides is 6. The van der Waals surface area contributed by atoms with Crippen LogP contribution in [0.1, 0.15) is 110 Å².